The van der Waals surface area contributed by atoms with Crippen LogP contribution in [0.4, 0.5) is 13.2 Å². The molecule has 0 saturated carbocycles. The summed E-state index contributed by atoms with van der Waals surface area (Å²) < 4.78 is 37.5. The van der Waals surface area contributed by atoms with Crippen LogP contribution < -0.4 is 0 Å². The van der Waals surface area contributed by atoms with Crippen molar-refractivity contribution in [1.29, 1.82) is 0 Å². The van der Waals surface area contributed by atoms with Gasteiger partial charge < -0.3 is 0 Å². The zero-order valence-corrected chi connectivity index (χ0v) is 10.0. The molecule has 0 heterocycles. The van der Waals surface area contributed by atoms with Crippen LogP contribution in [-0.2, 0) is 0 Å². The summed E-state index contributed by atoms with van der Waals surface area (Å²) >= 11 is 1.02. The molecular formula is C10H19F3S. The highest BCUT2D eigenvalue weighted by atomic mass is 32.2. The number of hydrogen-bond acceptors (Lipinski definition) is 1. The maximum Gasteiger partial charge on any atom is 0.400 e. The van der Waals surface area contributed by atoms with Crippen LogP contribution in [0.15, 0.2) is 0 Å². The highest BCUT2D eigenvalue weighted by molar-refractivity contribution is 8.00. The molecule has 0 bridgehead atoms. The van der Waals surface area contributed by atoms with Gasteiger partial charge in [0.1, 0.15) is 5.25 Å². The maximum atomic E-state index is 12.5. The summed E-state index contributed by atoms with van der Waals surface area (Å²) in [5.74, 6) is 0.340. The lowest BCUT2D eigenvalue weighted by molar-refractivity contribution is -0.130. The molecule has 0 radical (unpaired) electrons. The topological polar surface area (TPSA) is 0 Å². The van der Waals surface area contributed by atoms with E-state index in [-0.39, 0.29) is 11.7 Å². The molecule has 0 unspecified atom stereocenters. The normalized spacial score (nSPS) is 15.2. The molecule has 14 heavy (non-hydrogen) atoms. The van der Waals surface area contributed by atoms with Crippen molar-refractivity contribution in [2.24, 2.45) is 5.92 Å². The summed E-state index contributed by atoms with van der Waals surface area (Å²) in [6, 6.07) is 0. The predicted octanol–water partition coefficient (Wildman–Crippen LogP) is 4.50. The first-order valence-electron chi connectivity index (χ1n) is 4.95. The van der Waals surface area contributed by atoms with Gasteiger partial charge in [-0.1, -0.05) is 27.7 Å². The lowest BCUT2D eigenvalue weighted by atomic mass is 10.1. The van der Waals surface area contributed by atoms with Crippen molar-refractivity contribution in [3.63, 3.8) is 0 Å². The van der Waals surface area contributed by atoms with E-state index < -0.39 is 11.4 Å². The Morgan fingerprint density at radius 1 is 1.00 bits per heavy atom. The van der Waals surface area contributed by atoms with Crippen molar-refractivity contribution in [3.05, 3.63) is 0 Å². The summed E-state index contributed by atoms with van der Waals surface area (Å²) in [6.07, 6.45) is -3.17. The van der Waals surface area contributed by atoms with Crippen molar-refractivity contribution in [2.45, 2.75) is 57.2 Å². The van der Waals surface area contributed by atoms with Crippen LogP contribution in [0.25, 0.3) is 0 Å². The third-order valence-corrected chi connectivity index (χ3v) is 3.18. The zero-order chi connectivity index (χ0) is 11.4. The summed E-state index contributed by atoms with van der Waals surface area (Å²) in [4.78, 5) is 0. The number of hydrogen-bond donors (Lipinski definition) is 0. The van der Waals surface area contributed by atoms with Gasteiger partial charge in [-0.2, -0.15) is 13.2 Å². The van der Waals surface area contributed by atoms with Crippen molar-refractivity contribution < 1.29 is 13.2 Å². The quantitative estimate of drug-likeness (QED) is 0.668. The van der Waals surface area contributed by atoms with Crippen LogP contribution in [0.1, 0.15) is 40.5 Å². The standard InChI is InChI=1S/C10H19F3S/c1-7(2)5-6-9(10(11,12)13)14-8(3)4/h7-9H,5-6H2,1-4H3/t9-/m1/s1. The Hall–Kier alpha value is 0.140. The molecule has 86 valence electrons. The van der Waals surface area contributed by atoms with Gasteiger partial charge in [0.25, 0.3) is 0 Å². The van der Waals surface area contributed by atoms with E-state index in [4.69, 9.17) is 0 Å². The number of rotatable bonds is 5. The molecule has 0 aliphatic heterocycles. The Balaban J connectivity index is 4.12. The van der Waals surface area contributed by atoms with Gasteiger partial charge in [-0.05, 0) is 24.0 Å². The molecule has 1 atom stereocenters. The van der Waals surface area contributed by atoms with E-state index in [9.17, 15) is 13.2 Å². The van der Waals surface area contributed by atoms with E-state index in [0.717, 1.165) is 11.8 Å². The molecule has 0 spiro atoms. The second-order valence-corrected chi connectivity index (χ2v) is 5.97. The molecule has 4 heteroatoms. The van der Waals surface area contributed by atoms with Crippen LogP contribution in [0.5, 0.6) is 0 Å². The molecule has 0 aromatic carbocycles. The Morgan fingerprint density at radius 3 is 1.79 bits per heavy atom. The second-order valence-electron chi connectivity index (χ2n) is 4.19. The Bertz CT molecular complexity index is 152. The van der Waals surface area contributed by atoms with E-state index in [1.165, 1.54) is 0 Å². The number of halogens is 3. The molecule has 0 rings (SSSR count). The molecule has 0 aliphatic carbocycles. The first kappa shape index (κ1) is 14.1. The van der Waals surface area contributed by atoms with Gasteiger partial charge in [0, 0.05) is 0 Å². The Kier molecular flexibility index (Phi) is 5.94. The minimum absolute atomic E-state index is 0.0359. The van der Waals surface area contributed by atoms with E-state index in [1.807, 2.05) is 13.8 Å². The van der Waals surface area contributed by atoms with Gasteiger partial charge in [0.15, 0.2) is 0 Å². The maximum absolute atomic E-state index is 12.5. The summed E-state index contributed by atoms with van der Waals surface area (Å²) in [6.45, 7) is 7.51. The van der Waals surface area contributed by atoms with Crippen molar-refractivity contribution in [1.82, 2.24) is 0 Å². The Labute approximate surface area is 88.6 Å². The van der Waals surface area contributed by atoms with E-state index in [0.29, 0.717) is 12.3 Å². The average Bonchev–Trinajstić information content (AvgIpc) is 1.94. The molecule has 0 aromatic heterocycles. The average molecular weight is 228 g/mol. The molecular weight excluding hydrogens is 209 g/mol. The van der Waals surface area contributed by atoms with Crippen LogP contribution in [0.3, 0.4) is 0 Å². The third kappa shape index (κ3) is 6.57. The van der Waals surface area contributed by atoms with Gasteiger partial charge in [-0.25, -0.2) is 0 Å². The van der Waals surface area contributed by atoms with Crippen LogP contribution in [0.2, 0.25) is 0 Å². The molecule has 0 nitrogen and oxygen atoms in total. The number of alkyl halides is 3. The first-order valence-corrected chi connectivity index (χ1v) is 5.90. The monoisotopic (exact) mass is 228 g/mol. The summed E-state index contributed by atoms with van der Waals surface area (Å²) in [5, 5.41) is -1.15. The molecule has 0 fully saturated rings. The molecule has 0 N–H and O–H groups in total. The van der Waals surface area contributed by atoms with Gasteiger partial charge in [-0.15, -0.1) is 11.8 Å². The molecule has 0 aromatic rings. The summed E-state index contributed by atoms with van der Waals surface area (Å²) in [5.41, 5.74) is 0. The fourth-order valence-electron chi connectivity index (χ4n) is 1.12. The lowest BCUT2D eigenvalue weighted by Gasteiger charge is -2.22. The van der Waals surface area contributed by atoms with Gasteiger partial charge >= 0.3 is 6.18 Å². The van der Waals surface area contributed by atoms with Crippen LogP contribution in [-0.4, -0.2) is 16.7 Å². The SMILES string of the molecule is CC(C)CC[C@@H](SC(C)C)C(F)(F)F. The zero-order valence-electron chi connectivity index (χ0n) is 9.19. The smallest absolute Gasteiger partial charge is 0.170 e. The van der Waals surface area contributed by atoms with E-state index >= 15 is 0 Å². The van der Waals surface area contributed by atoms with Gasteiger partial charge in [-0.3, -0.25) is 0 Å². The fraction of sp³-hybridized carbons (Fsp3) is 1.00. The van der Waals surface area contributed by atoms with E-state index in [1.54, 1.807) is 13.8 Å². The number of thioether (sulfide) groups is 1. The molecule has 0 saturated heterocycles. The van der Waals surface area contributed by atoms with Crippen LogP contribution >= 0.6 is 11.8 Å². The van der Waals surface area contributed by atoms with Crippen LogP contribution in [0, 0.1) is 5.92 Å². The van der Waals surface area contributed by atoms with Gasteiger partial charge in [0.2, 0.25) is 0 Å². The highest BCUT2D eigenvalue weighted by Gasteiger charge is 2.39. The minimum Gasteiger partial charge on any atom is -0.170 e. The third-order valence-electron chi connectivity index (χ3n) is 1.81. The predicted molar refractivity (Wildman–Crippen MR) is 56.6 cm³/mol. The largest absolute Gasteiger partial charge is 0.400 e. The highest BCUT2D eigenvalue weighted by Crippen LogP contribution is 2.36. The lowest BCUT2D eigenvalue weighted by Crippen LogP contribution is -2.27. The first-order chi connectivity index (χ1) is 6.23. The fourth-order valence-corrected chi connectivity index (χ4v) is 2.21. The molecule has 0 aliphatic rings. The van der Waals surface area contributed by atoms with Crippen molar-refractivity contribution in [3.8, 4) is 0 Å². The van der Waals surface area contributed by atoms with Crippen molar-refractivity contribution >= 4 is 11.8 Å². The van der Waals surface area contributed by atoms with Crippen molar-refractivity contribution in [2.75, 3.05) is 0 Å². The molecule has 0 amide bonds. The van der Waals surface area contributed by atoms with Gasteiger partial charge in [0.05, 0.1) is 0 Å². The second kappa shape index (κ2) is 5.89. The Morgan fingerprint density at radius 2 is 1.50 bits per heavy atom. The minimum atomic E-state index is -4.05. The summed E-state index contributed by atoms with van der Waals surface area (Å²) in [7, 11) is 0. The van der Waals surface area contributed by atoms with E-state index in [2.05, 4.69) is 0 Å².